The van der Waals surface area contributed by atoms with E-state index in [0.717, 1.165) is 21.0 Å². The molecule has 0 radical (unpaired) electrons. The lowest BCUT2D eigenvalue weighted by Gasteiger charge is -2.11. The third-order valence-corrected chi connectivity index (χ3v) is 5.20. The Morgan fingerprint density at radius 2 is 2.15 bits per heavy atom. The van der Waals surface area contributed by atoms with Gasteiger partial charge in [-0.2, -0.15) is 0 Å². The van der Waals surface area contributed by atoms with Gasteiger partial charge in [-0.3, -0.25) is 9.59 Å². The maximum absolute atomic E-state index is 12.3. The first-order valence-electron chi connectivity index (χ1n) is 8.27. The predicted octanol–water partition coefficient (Wildman–Crippen LogP) is 4.05. The van der Waals surface area contributed by atoms with Gasteiger partial charge in [-0.05, 0) is 43.2 Å². The molecule has 2 aromatic heterocycles. The summed E-state index contributed by atoms with van der Waals surface area (Å²) in [7, 11) is 0. The molecule has 0 aliphatic rings. The molecule has 2 heterocycles. The Hall–Kier alpha value is -2.64. The van der Waals surface area contributed by atoms with E-state index >= 15 is 0 Å². The summed E-state index contributed by atoms with van der Waals surface area (Å²) in [4.78, 5) is 29.4. The van der Waals surface area contributed by atoms with Gasteiger partial charge in [0, 0.05) is 22.5 Å². The lowest BCUT2D eigenvalue weighted by Crippen LogP contribution is -2.41. The van der Waals surface area contributed by atoms with Crippen LogP contribution in [-0.4, -0.2) is 22.8 Å². The van der Waals surface area contributed by atoms with Crippen molar-refractivity contribution < 1.29 is 14.0 Å². The Balaban J connectivity index is 1.57. The van der Waals surface area contributed by atoms with Crippen LogP contribution in [0.5, 0.6) is 0 Å². The molecule has 0 spiro atoms. The number of hydrogen-bond acceptors (Lipinski definition) is 5. The van der Waals surface area contributed by atoms with Gasteiger partial charge in [0.25, 0.3) is 5.91 Å². The van der Waals surface area contributed by atoms with E-state index in [-0.39, 0.29) is 11.7 Å². The number of thiazole rings is 1. The number of anilines is 1. The SMILES string of the molecule is Cc1ccc(Cc2cnc(NC(=O)C(C)NC(=O)c3ccco3)s2)cc1Cl. The molecule has 2 N–H and O–H groups in total. The number of carbonyl (C=O) groups excluding carboxylic acids is 2. The second kappa shape index (κ2) is 8.37. The molecule has 0 saturated heterocycles. The van der Waals surface area contributed by atoms with E-state index < -0.39 is 11.9 Å². The van der Waals surface area contributed by atoms with Gasteiger partial charge in [0.2, 0.25) is 5.91 Å². The van der Waals surface area contributed by atoms with Crippen LogP contribution in [0.2, 0.25) is 5.02 Å². The van der Waals surface area contributed by atoms with Crippen molar-refractivity contribution in [2.24, 2.45) is 0 Å². The minimum Gasteiger partial charge on any atom is -0.459 e. The van der Waals surface area contributed by atoms with Crippen LogP contribution in [0.25, 0.3) is 0 Å². The molecule has 0 bridgehead atoms. The third kappa shape index (κ3) is 4.96. The molecule has 27 heavy (non-hydrogen) atoms. The largest absolute Gasteiger partial charge is 0.459 e. The zero-order valence-electron chi connectivity index (χ0n) is 14.8. The quantitative estimate of drug-likeness (QED) is 0.650. The van der Waals surface area contributed by atoms with Crippen molar-refractivity contribution in [1.29, 1.82) is 0 Å². The third-order valence-electron chi connectivity index (χ3n) is 3.88. The summed E-state index contributed by atoms with van der Waals surface area (Å²) in [6.07, 6.45) is 3.80. The molecule has 2 amide bonds. The van der Waals surface area contributed by atoms with Gasteiger partial charge in [-0.15, -0.1) is 11.3 Å². The Morgan fingerprint density at radius 3 is 2.85 bits per heavy atom. The number of amides is 2. The van der Waals surface area contributed by atoms with Gasteiger partial charge in [0.1, 0.15) is 6.04 Å². The molecule has 0 fully saturated rings. The second-order valence-electron chi connectivity index (χ2n) is 6.05. The molecule has 0 aliphatic heterocycles. The first-order chi connectivity index (χ1) is 12.9. The van der Waals surface area contributed by atoms with E-state index in [4.69, 9.17) is 16.0 Å². The standard InChI is InChI=1S/C19H18ClN3O3S/c1-11-5-6-13(9-15(11)20)8-14-10-21-19(27-14)23-17(24)12(2)22-18(25)16-4-3-7-26-16/h3-7,9-10,12H,8H2,1-2H3,(H,22,25)(H,21,23,24). The molecule has 6 nitrogen and oxygen atoms in total. The number of aryl methyl sites for hydroxylation is 1. The highest BCUT2D eigenvalue weighted by Gasteiger charge is 2.19. The van der Waals surface area contributed by atoms with Crippen molar-refractivity contribution in [3.63, 3.8) is 0 Å². The molecule has 1 atom stereocenters. The van der Waals surface area contributed by atoms with Crippen LogP contribution >= 0.6 is 22.9 Å². The van der Waals surface area contributed by atoms with Crippen molar-refractivity contribution in [3.05, 3.63) is 69.6 Å². The van der Waals surface area contributed by atoms with Crippen LogP contribution < -0.4 is 10.6 Å². The number of furan rings is 1. The number of halogens is 1. The van der Waals surface area contributed by atoms with Gasteiger partial charge in [-0.25, -0.2) is 4.98 Å². The van der Waals surface area contributed by atoms with E-state index in [2.05, 4.69) is 15.6 Å². The molecule has 1 aromatic carbocycles. The van der Waals surface area contributed by atoms with Crippen LogP contribution in [0.4, 0.5) is 5.13 Å². The van der Waals surface area contributed by atoms with Gasteiger partial charge < -0.3 is 15.1 Å². The normalized spacial score (nSPS) is 11.8. The molecule has 1 unspecified atom stereocenters. The van der Waals surface area contributed by atoms with Crippen molar-refractivity contribution in [2.45, 2.75) is 26.3 Å². The van der Waals surface area contributed by atoms with Gasteiger partial charge >= 0.3 is 0 Å². The maximum Gasteiger partial charge on any atom is 0.287 e. The van der Waals surface area contributed by atoms with Gasteiger partial charge in [0.15, 0.2) is 10.9 Å². The van der Waals surface area contributed by atoms with Gasteiger partial charge in [0.05, 0.1) is 6.26 Å². The van der Waals surface area contributed by atoms with E-state index in [1.165, 1.54) is 23.7 Å². The van der Waals surface area contributed by atoms with E-state index in [1.807, 2.05) is 25.1 Å². The number of hydrogen-bond donors (Lipinski definition) is 2. The molecule has 140 valence electrons. The number of rotatable bonds is 6. The van der Waals surface area contributed by atoms with Crippen molar-refractivity contribution in [3.8, 4) is 0 Å². The minimum absolute atomic E-state index is 0.156. The van der Waals surface area contributed by atoms with Crippen LogP contribution in [0.15, 0.2) is 47.2 Å². The number of nitrogens with one attached hydrogen (secondary N) is 2. The summed E-state index contributed by atoms with van der Waals surface area (Å²) < 4.78 is 5.01. The average molecular weight is 404 g/mol. The zero-order chi connectivity index (χ0) is 19.4. The van der Waals surface area contributed by atoms with E-state index in [1.54, 1.807) is 19.2 Å². The summed E-state index contributed by atoms with van der Waals surface area (Å²) in [6.45, 7) is 3.55. The van der Waals surface area contributed by atoms with Crippen LogP contribution in [0, 0.1) is 6.92 Å². The number of carbonyl (C=O) groups is 2. The van der Waals surface area contributed by atoms with Gasteiger partial charge in [-0.1, -0.05) is 23.7 Å². The van der Waals surface area contributed by atoms with E-state index in [9.17, 15) is 9.59 Å². The maximum atomic E-state index is 12.3. The molecule has 0 aliphatic carbocycles. The molecule has 8 heteroatoms. The number of benzene rings is 1. The molecule has 3 rings (SSSR count). The fourth-order valence-corrected chi connectivity index (χ4v) is 3.40. The topological polar surface area (TPSA) is 84.2 Å². The first-order valence-corrected chi connectivity index (χ1v) is 9.47. The average Bonchev–Trinajstić information content (AvgIpc) is 3.30. The summed E-state index contributed by atoms with van der Waals surface area (Å²) in [6, 6.07) is 8.34. The Bertz CT molecular complexity index is 953. The molecule has 0 saturated carbocycles. The lowest BCUT2D eigenvalue weighted by molar-refractivity contribution is -0.117. The molecular weight excluding hydrogens is 386 g/mol. The Kier molecular flexibility index (Phi) is 5.93. The Labute approximate surface area is 165 Å². The van der Waals surface area contributed by atoms with Crippen molar-refractivity contribution >= 4 is 39.9 Å². The monoisotopic (exact) mass is 403 g/mol. The fourth-order valence-electron chi connectivity index (χ4n) is 2.35. The van der Waals surface area contributed by atoms with Crippen molar-refractivity contribution in [1.82, 2.24) is 10.3 Å². The summed E-state index contributed by atoms with van der Waals surface area (Å²) in [5, 5.41) is 6.50. The molecular formula is C19H18ClN3O3S. The number of aromatic nitrogens is 1. The Morgan fingerprint density at radius 1 is 1.33 bits per heavy atom. The zero-order valence-corrected chi connectivity index (χ0v) is 16.4. The highest BCUT2D eigenvalue weighted by Crippen LogP contribution is 2.24. The second-order valence-corrected chi connectivity index (χ2v) is 7.58. The lowest BCUT2D eigenvalue weighted by atomic mass is 10.1. The van der Waals surface area contributed by atoms with E-state index in [0.29, 0.717) is 11.6 Å². The fraction of sp³-hybridized carbons (Fsp3) is 0.211. The van der Waals surface area contributed by atoms with Crippen molar-refractivity contribution in [2.75, 3.05) is 5.32 Å². The summed E-state index contributed by atoms with van der Waals surface area (Å²) in [5.74, 6) is -0.643. The smallest absolute Gasteiger partial charge is 0.287 e. The first kappa shape index (κ1) is 19.1. The summed E-state index contributed by atoms with van der Waals surface area (Å²) in [5.41, 5.74) is 2.11. The number of nitrogens with zero attached hydrogens (tertiary/aromatic N) is 1. The predicted molar refractivity (Wildman–Crippen MR) is 105 cm³/mol. The summed E-state index contributed by atoms with van der Waals surface area (Å²) >= 11 is 7.54. The minimum atomic E-state index is -0.731. The highest BCUT2D eigenvalue weighted by atomic mass is 35.5. The van der Waals surface area contributed by atoms with Crippen LogP contribution in [0.3, 0.4) is 0 Å². The van der Waals surface area contributed by atoms with Crippen LogP contribution in [-0.2, 0) is 11.2 Å². The highest BCUT2D eigenvalue weighted by molar-refractivity contribution is 7.15. The molecule has 3 aromatic rings. The van der Waals surface area contributed by atoms with Crippen LogP contribution in [0.1, 0.15) is 33.5 Å².